The van der Waals surface area contributed by atoms with Gasteiger partial charge in [-0.15, -0.1) is 0 Å². The lowest BCUT2D eigenvalue weighted by Gasteiger charge is -2.25. The average molecular weight is 670 g/mol. The Hall–Kier alpha value is -4.60. The maximum Gasteiger partial charge on any atom is 0.338 e. The summed E-state index contributed by atoms with van der Waals surface area (Å²) in [6.45, 7) is 2.02. The van der Waals surface area contributed by atoms with Gasteiger partial charge in [0.25, 0.3) is 5.56 Å². The highest BCUT2D eigenvalue weighted by Gasteiger charge is 2.35. The van der Waals surface area contributed by atoms with Crippen molar-refractivity contribution in [1.82, 2.24) is 4.57 Å². The number of esters is 1. The summed E-state index contributed by atoms with van der Waals surface area (Å²) in [6, 6.07) is 30.1. The Morgan fingerprint density at radius 3 is 2.41 bits per heavy atom. The van der Waals surface area contributed by atoms with Gasteiger partial charge in [0.2, 0.25) is 0 Å². The molecule has 6 rings (SSSR count). The minimum Gasteiger partial charge on any atom is -0.488 e. The van der Waals surface area contributed by atoms with Crippen LogP contribution in [0.4, 0.5) is 4.39 Å². The van der Waals surface area contributed by atoms with Crippen LogP contribution in [0.5, 0.6) is 5.75 Å². The number of carbonyl (C=O) groups is 1. The number of carbonyl (C=O) groups excluding carboxylic acids is 1. The Balaban J connectivity index is 1.45. The van der Waals surface area contributed by atoms with Gasteiger partial charge in [-0.1, -0.05) is 96.3 Å². The second kappa shape index (κ2) is 13.0. The zero-order valence-electron chi connectivity index (χ0n) is 23.6. The SMILES string of the molecule is CCOC(=O)C1=C(c2ccccc2)N=c2s/c(=C\c3ccc(OCc4ccccc4F)c(Br)c3)c(=O)n2[C@H]1c1ccccc1. The van der Waals surface area contributed by atoms with Crippen molar-refractivity contribution in [3.63, 3.8) is 0 Å². The van der Waals surface area contributed by atoms with Gasteiger partial charge in [-0.3, -0.25) is 9.36 Å². The molecule has 0 fully saturated rings. The maximum atomic E-state index is 14.0. The van der Waals surface area contributed by atoms with Gasteiger partial charge in [0, 0.05) is 11.1 Å². The predicted octanol–water partition coefficient (Wildman–Crippen LogP) is 6.42. The van der Waals surface area contributed by atoms with Crippen LogP contribution in [-0.4, -0.2) is 17.1 Å². The number of hydrogen-bond donors (Lipinski definition) is 0. The van der Waals surface area contributed by atoms with E-state index in [1.807, 2.05) is 72.8 Å². The molecule has 9 heteroatoms. The molecule has 0 N–H and O–H groups in total. The van der Waals surface area contributed by atoms with Gasteiger partial charge in [-0.05, 0) is 58.3 Å². The molecule has 0 amide bonds. The van der Waals surface area contributed by atoms with Crippen LogP contribution in [0.15, 0.2) is 123 Å². The first-order chi connectivity index (χ1) is 21.4. The van der Waals surface area contributed by atoms with E-state index in [0.29, 0.717) is 36.4 Å². The summed E-state index contributed by atoms with van der Waals surface area (Å²) in [5, 5.41) is 0. The smallest absolute Gasteiger partial charge is 0.338 e. The fourth-order valence-corrected chi connectivity index (χ4v) is 6.55. The molecule has 0 unspecified atom stereocenters. The molecule has 0 saturated heterocycles. The van der Waals surface area contributed by atoms with Crippen molar-refractivity contribution in [2.45, 2.75) is 19.6 Å². The number of aromatic nitrogens is 1. The summed E-state index contributed by atoms with van der Waals surface area (Å²) in [5.41, 5.74) is 3.24. The molecule has 1 aliphatic heterocycles. The van der Waals surface area contributed by atoms with Crippen molar-refractivity contribution in [3.05, 3.63) is 161 Å². The van der Waals surface area contributed by atoms with Gasteiger partial charge >= 0.3 is 5.97 Å². The second-order valence-corrected chi connectivity index (χ2v) is 11.8. The summed E-state index contributed by atoms with van der Waals surface area (Å²) in [5.74, 6) is -0.304. The van der Waals surface area contributed by atoms with Gasteiger partial charge in [0.1, 0.15) is 18.2 Å². The number of hydrogen-bond acceptors (Lipinski definition) is 6. The molecule has 4 aromatic carbocycles. The Labute approximate surface area is 265 Å². The summed E-state index contributed by atoms with van der Waals surface area (Å²) in [4.78, 5) is 32.9. The van der Waals surface area contributed by atoms with Crippen molar-refractivity contribution in [3.8, 4) is 5.75 Å². The number of thiazole rings is 1. The number of rotatable bonds is 8. The first kappa shape index (κ1) is 29.5. The lowest BCUT2D eigenvalue weighted by Crippen LogP contribution is -2.39. The fourth-order valence-electron chi connectivity index (χ4n) is 5.04. The van der Waals surface area contributed by atoms with Crippen LogP contribution in [0.2, 0.25) is 0 Å². The molecule has 0 aliphatic carbocycles. The zero-order chi connectivity index (χ0) is 30.6. The first-order valence-electron chi connectivity index (χ1n) is 13.9. The lowest BCUT2D eigenvalue weighted by atomic mass is 9.93. The Morgan fingerprint density at radius 2 is 1.70 bits per heavy atom. The topological polar surface area (TPSA) is 69.9 Å². The first-order valence-corrected chi connectivity index (χ1v) is 15.5. The standard InChI is InChI=1S/C35H26BrFN2O4S/c1-2-42-34(41)30-31(23-11-5-3-6-12-23)38-35-39(32(30)24-13-7-4-8-14-24)33(40)29(44-35)20-22-17-18-28(26(36)19-22)43-21-25-15-9-10-16-27(25)37/h3-20,32H,2,21H2,1H3/b29-20-/t32-/m0/s1. The molecule has 5 aromatic rings. The van der Waals surface area contributed by atoms with Gasteiger partial charge in [0.05, 0.1) is 32.9 Å². The third-order valence-electron chi connectivity index (χ3n) is 7.08. The van der Waals surface area contributed by atoms with E-state index >= 15 is 0 Å². The van der Waals surface area contributed by atoms with Crippen molar-refractivity contribution in [2.75, 3.05) is 6.61 Å². The van der Waals surface area contributed by atoms with Crippen LogP contribution in [-0.2, 0) is 16.1 Å². The number of fused-ring (bicyclic) bond motifs is 1. The highest BCUT2D eigenvalue weighted by molar-refractivity contribution is 9.10. The molecular weight excluding hydrogens is 643 g/mol. The molecule has 44 heavy (non-hydrogen) atoms. The van der Waals surface area contributed by atoms with Crippen LogP contribution < -0.4 is 19.6 Å². The monoisotopic (exact) mass is 668 g/mol. The highest BCUT2D eigenvalue weighted by atomic mass is 79.9. The lowest BCUT2D eigenvalue weighted by molar-refractivity contribution is -0.138. The van der Waals surface area contributed by atoms with Crippen LogP contribution >= 0.6 is 27.3 Å². The normalized spacial score (nSPS) is 14.6. The van der Waals surface area contributed by atoms with E-state index < -0.39 is 12.0 Å². The van der Waals surface area contributed by atoms with E-state index in [2.05, 4.69) is 15.9 Å². The number of nitrogens with zero attached hydrogens (tertiary/aromatic N) is 2. The largest absolute Gasteiger partial charge is 0.488 e. The highest BCUT2D eigenvalue weighted by Crippen LogP contribution is 2.35. The Morgan fingerprint density at radius 1 is 1.00 bits per heavy atom. The van der Waals surface area contributed by atoms with E-state index in [0.717, 1.165) is 16.7 Å². The van der Waals surface area contributed by atoms with Crippen LogP contribution in [0, 0.1) is 5.82 Å². The van der Waals surface area contributed by atoms with E-state index in [1.54, 1.807) is 41.8 Å². The zero-order valence-corrected chi connectivity index (χ0v) is 26.0. The molecule has 0 bridgehead atoms. The average Bonchev–Trinajstić information content (AvgIpc) is 3.35. The minimum absolute atomic E-state index is 0.0786. The van der Waals surface area contributed by atoms with Crippen molar-refractivity contribution >= 4 is 45.0 Å². The summed E-state index contributed by atoms with van der Waals surface area (Å²) in [6.07, 6.45) is 1.79. The van der Waals surface area contributed by atoms with E-state index in [9.17, 15) is 14.0 Å². The summed E-state index contributed by atoms with van der Waals surface area (Å²) in [7, 11) is 0. The van der Waals surface area contributed by atoms with Crippen molar-refractivity contribution in [1.29, 1.82) is 0 Å². The number of benzene rings is 4. The van der Waals surface area contributed by atoms with Crippen LogP contribution in [0.1, 0.15) is 35.2 Å². The van der Waals surface area contributed by atoms with E-state index in [1.165, 1.54) is 17.4 Å². The predicted molar refractivity (Wildman–Crippen MR) is 172 cm³/mol. The molecule has 1 aromatic heterocycles. The molecule has 2 heterocycles. The Bertz CT molecular complexity index is 2060. The minimum atomic E-state index is -0.732. The third-order valence-corrected chi connectivity index (χ3v) is 8.69. The molecule has 1 atom stereocenters. The molecule has 0 spiro atoms. The van der Waals surface area contributed by atoms with Gasteiger partial charge < -0.3 is 9.47 Å². The molecule has 1 aliphatic rings. The quantitative estimate of drug-likeness (QED) is 0.179. The van der Waals surface area contributed by atoms with Crippen molar-refractivity contribution in [2.24, 2.45) is 4.99 Å². The van der Waals surface area contributed by atoms with E-state index in [-0.39, 0.29) is 24.6 Å². The van der Waals surface area contributed by atoms with Crippen LogP contribution in [0.3, 0.4) is 0 Å². The third kappa shape index (κ3) is 5.93. The van der Waals surface area contributed by atoms with Gasteiger partial charge in [0.15, 0.2) is 4.80 Å². The second-order valence-electron chi connectivity index (χ2n) is 9.91. The summed E-state index contributed by atoms with van der Waals surface area (Å²) >= 11 is 4.80. The van der Waals surface area contributed by atoms with E-state index in [4.69, 9.17) is 14.5 Å². The molecule has 0 saturated carbocycles. The molecule has 220 valence electrons. The molecule has 0 radical (unpaired) electrons. The van der Waals surface area contributed by atoms with Gasteiger partial charge in [-0.2, -0.15) is 0 Å². The fraction of sp³-hybridized carbons (Fsp3) is 0.114. The van der Waals surface area contributed by atoms with Crippen molar-refractivity contribution < 1.29 is 18.7 Å². The molecular formula is C35H26BrFN2O4S. The van der Waals surface area contributed by atoms with Crippen LogP contribution in [0.25, 0.3) is 11.8 Å². The number of halogens is 2. The Kier molecular flexibility index (Phi) is 8.67. The number of ether oxygens (including phenoxy) is 2. The molecule has 6 nitrogen and oxygen atoms in total. The summed E-state index contributed by atoms with van der Waals surface area (Å²) < 4.78 is 28.1. The maximum absolute atomic E-state index is 14.0. The van der Waals surface area contributed by atoms with Gasteiger partial charge in [-0.25, -0.2) is 14.2 Å².